The Morgan fingerprint density at radius 3 is 2.56 bits per heavy atom. The maximum absolute atomic E-state index is 4.62. The summed E-state index contributed by atoms with van der Waals surface area (Å²) >= 11 is 0. The first-order valence-corrected chi connectivity index (χ1v) is 7.20. The SMILES string of the molecule is C1CCN(CCCCC2=NCCCC2)CC1. The minimum absolute atomic E-state index is 1.10. The summed E-state index contributed by atoms with van der Waals surface area (Å²) in [5.74, 6) is 0. The van der Waals surface area contributed by atoms with E-state index in [9.17, 15) is 0 Å². The second-order valence-corrected chi connectivity index (χ2v) is 5.26. The Bertz CT molecular complexity index is 217. The van der Waals surface area contributed by atoms with Crippen LogP contribution in [-0.2, 0) is 0 Å². The Morgan fingerprint density at radius 1 is 0.938 bits per heavy atom. The van der Waals surface area contributed by atoms with Gasteiger partial charge >= 0.3 is 0 Å². The van der Waals surface area contributed by atoms with Gasteiger partial charge in [-0.25, -0.2) is 0 Å². The van der Waals surface area contributed by atoms with Gasteiger partial charge < -0.3 is 4.90 Å². The van der Waals surface area contributed by atoms with E-state index in [1.165, 1.54) is 83.1 Å². The van der Waals surface area contributed by atoms with Gasteiger partial charge in [-0.3, -0.25) is 4.99 Å². The summed E-state index contributed by atoms with van der Waals surface area (Å²) in [6, 6.07) is 0. The number of piperidine rings is 1. The average molecular weight is 222 g/mol. The van der Waals surface area contributed by atoms with Crippen molar-refractivity contribution in [3.63, 3.8) is 0 Å². The van der Waals surface area contributed by atoms with Crippen molar-refractivity contribution in [2.24, 2.45) is 4.99 Å². The van der Waals surface area contributed by atoms with Gasteiger partial charge in [0.15, 0.2) is 0 Å². The van der Waals surface area contributed by atoms with Gasteiger partial charge in [0.1, 0.15) is 0 Å². The molecule has 0 saturated carbocycles. The van der Waals surface area contributed by atoms with E-state index in [1.807, 2.05) is 0 Å². The van der Waals surface area contributed by atoms with Gasteiger partial charge in [-0.1, -0.05) is 6.42 Å². The molecular formula is C14H26N2. The monoisotopic (exact) mass is 222 g/mol. The van der Waals surface area contributed by atoms with E-state index >= 15 is 0 Å². The Balaban J connectivity index is 1.52. The van der Waals surface area contributed by atoms with Crippen LogP contribution in [0.4, 0.5) is 0 Å². The fraction of sp³-hybridized carbons (Fsp3) is 0.929. The number of unbranched alkanes of at least 4 members (excludes halogenated alkanes) is 1. The minimum atomic E-state index is 1.10. The summed E-state index contributed by atoms with van der Waals surface area (Å²) in [7, 11) is 0. The number of hydrogen-bond acceptors (Lipinski definition) is 2. The second kappa shape index (κ2) is 7.05. The van der Waals surface area contributed by atoms with Crippen molar-refractivity contribution < 1.29 is 0 Å². The summed E-state index contributed by atoms with van der Waals surface area (Å²) in [6.45, 7) is 5.12. The van der Waals surface area contributed by atoms with E-state index in [1.54, 1.807) is 0 Å². The fourth-order valence-electron chi connectivity index (χ4n) is 2.81. The molecule has 92 valence electrons. The molecule has 0 amide bonds. The van der Waals surface area contributed by atoms with E-state index in [0.29, 0.717) is 0 Å². The average Bonchev–Trinajstić information content (AvgIpc) is 2.37. The highest BCUT2D eigenvalue weighted by Gasteiger charge is 2.09. The van der Waals surface area contributed by atoms with Crippen LogP contribution in [0.25, 0.3) is 0 Å². The molecule has 2 aliphatic heterocycles. The smallest absolute Gasteiger partial charge is 0.0388 e. The molecule has 0 spiro atoms. The molecule has 2 aliphatic rings. The van der Waals surface area contributed by atoms with Crippen LogP contribution in [0.2, 0.25) is 0 Å². The normalized spacial score (nSPS) is 23.1. The molecule has 2 heterocycles. The van der Waals surface area contributed by atoms with Crippen molar-refractivity contribution in [2.45, 2.75) is 57.8 Å². The van der Waals surface area contributed by atoms with E-state index in [0.717, 1.165) is 6.54 Å². The predicted molar refractivity (Wildman–Crippen MR) is 70.3 cm³/mol. The molecule has 0 N–H and O–H groups in total. The number of rotatable bonds is 5. The van der Waals surface area contributed by atoms with Gasteiger partial charge in [0.25, 0.3) is 0 Å². The quantitative estimate of drug-likeness (QED) is 0.652. The minimum Gasteiger partial charge on any atom is -0.303 e. The first-order valence-electron chi connectivity index (χ1n) is 7.20. The Morgan fingerprint density at radius 2 is 1.81 bits per heavy atom. The van der Waals surface area contributed by atoms with Gasteiger partial charge in [-0.05, 0) is 71.0 Å². The lowest BCUT2D eigenvalue weighted by molar-refractivity contribution is 0.225. The molecule has 0 aliphatic carbocycles. The van der Waals surface area contributed by atoms with E-state index in [2.05, 4.69) is 9.89 Å². The molecule has 0 aromatic heterocycles. The summed E-state index contributed by atoms with van der Waals surface area (Å²) in [5.41, 5.74) is 1.50. The first-order chi connectivity index (χ1) is 7.95. The second-order valence-electron chi connectivity index (χ2n) is 5.26. The zero-order valence-corrected chi connectivity index (χ0v) is 10.6. The lowest BCUT2D eigenvalue weighted by Gasteiger charge is -2.26. The largest absolute Gasteiger partial charge is 0.303 e. The van der Waals surface area contributed by atoms with Gasteiger partial charge in [0.2, 0.25) is 0 Å². The van der Waals surface area contributed by atoms with Crippen LogP contribution in [0.5, 0.6) is 0 Å². The standard InChI is InChI=1S/C14H26N2/c1-5-11-16(12-6-1)13-7-3-9-14-8-2-4-10-15-14/h1-13H2. The number of aliphatic imine (C=N–C) groups is 1. The summed E-state index contributed by atoms with van der Waals surface area (Å²) in [5, 5.41) is 0. The molecule has 0 aromatic rings. The molecule has 0 unspecified atom stereocenters. The molecule has 1 fully saturated rings. The third kappa shape index (κ3) is 4.25. The van der Waals surface area contributed by atoms with Crippen molar-refractivity contribution in [1.29, 1.82) is 0 Å². The van der Waals surface area contributed by atoms with Crippen LogP contribution in [0.3, 0.4) is 0 Å². The third-order valence-corrected chi connectivity index (χ3v) is 3.85. The van der Waals surface area contributed by atoms with E-state index in [4.69, 9.17) is 0 Å². The Hall–Kier alpha value is -0.370. The van der Waals surface area contributed by atoms with Gasteiger partial charge in [-0.15, -0.1) is 0 Å². The number of nitrogens with zero attached hydrogens (tertiary/aromatic N) is 2. The van der Waals surface area contributed by atoms with Crippen LogP contribution in [0, 0.1) is 0 Å². The maximum atomic E-state index is 4.62. The molecule has 1 saturated heterocycles. The fourth-order valence-corrected chi connectivity index (χ4v) is 2.81. The van der Waals surface area contributed by atoms with Crippen molar-refractivity contribution >= 4 is 5.71 Å². The molecule has 0 radical (unpaired) electrons. The van der Waals surface area contributed by atoms with Crippen molar-refractivity contribution in [1.82, 2.24) is 4.90 Å². The topological polar surface area (TPSA) is 15.6 Å². The molecule has 2 nitrogen and oxygen atoms in total. The van der Waals surface area contributed by atoms with E-state index < -0.39 is 0 Å². The predicted octanol–water partition coefficient (Wildman–Crippen LogP) is 3.27. The summed E-state index contributed by atoms with van der Waals surface area (Å²) < 4.78 is 0. The molecule has 0 aromatic carbocycles. The van der Waals surface area contributed by atoms with E-state index in [-0.39, 0.29) is 0 Å². The van der Waals surface area contributed by atoms with Crippen LogP contribution >= 0.6 is 0 Å². The zero-order valence-electron chi connectivity index (χ0n) is 10.6. The van der Waals surface area contributed by atoms with Crippen molar-refractivity contribution in [3.05, 3.63) is 0 Å². The number of hydrogen-bond donors (Lipinski definition) is 0. The summed E-state index contributed by atoms with van der Waals surface area (Å²) in [6.07, 6.45) is 12.3. The zero-order chi connectivity index (χ0) is 11.1. The van der Waals surface area contributed by atoms with Crippen molar-refractivity contribution in [3.8, 4) is 0 Å². The first kappa shape index (κ1) is 12.1. The van der Waals surface area contributed by atoms with Gasteiger partial charge in [0, 0.05) is 12.3 Å². The lowest BCUT2D eigenvalue weighted by Crippen LogP contribution is -2.30. The van der Waals surface area contributed by atoms with Crippen LogP contribution in [0.1, 0.15) is 57.8 Å². The summed E-state index contributed by atoms with van der Waals surface area (Å²) in [4.78, 5) is 7.26. The lowest BCUT2D eigenvalue weighted by atomic mass is 10.0. The number of likely N-dealkylation sites (tertiary alicyclic amines) is 1. The molecular weight excluding hydrogens is 196 g/mol. The van der Waals surface area contributed by atoms with Crippen LogP contribution < -0.4 is 0 Å². The van der Waals surface area contributed by atoms with Crippen molar-refractivity contribution in [2.75, 3.05) is 26.2 Å². The highest BCUT2D eigenvalue weighted by Crippen LogP contribution is 2.13. The Kier molecular flexibility index (Phi) is 5.33. The van der Waals surface area contributed by atoms with Gasteiger partial charge in [-0.2, -0.15) is 0 Å². The van der Waals surface area contributed by atoms with Crippen LogP contribution in [-0.4, -0.2) is 36.8 Å². The molecule has 2 rings (SSSR count). The molecule has 0 atom stereocenters. The molecule has 16 heavy (non-hydrogen) atoms. The third-order valence-electron chi connectivity index (χ3n) is 3.85. The molecule has 2 heteroatoms. The molecule has 0 bridgehead atoms. The highest BCUT2D eigenvalue weighted by molar-refractivity contribution is 5.84. The Labute approximate surface area is 100 Å². The van der Waals surface area contributed by atoms with Crippen LogP contribution in [0.15, 0.2) is 4.99 Å². The highest BCUT2D eigenvalue weighted by atomic mass is 15.1. The maximum Gasteiger partial charge on any atom is 0.0388 e. The van der Waals surface area contributed by atoms with Gasteiger partial charge in [0.05, 0.1) is 0 Å².